The van der Waals surface area contributed by atoms with Crippen LogP contribution in [-0.2, 0) is 17.4 Å². The molecule has 0 spiro atoms. The number of aromatic nitrogens is 2. The van der Waals surface area contributed by atoms with Gasteiger partial charge in [-0.05, 0) is 55.0 Å². The minimum Gasteiger partial charge on any atom is -0.484 e. The van der Waals surface area contributed by atoms with Gasteiger partial charge in [0.05, 0.1) is 5.56 Å². The van der Waals surface area contributed by atoms with Crippen molar-refractivity contribution < 1.29 is 27.1 Å². The van der Waals surface area contributed by atoms with Crippen molar-refractivity contribution in [1.82, 2.24) is 10.2 Å². The fraction of sp³-hybridized carbons (Fsp3) is 0.250. The Kier molecular flexibility index (Phi) is 6.16. The zero-order valence-corrected chi connectivity index (χ0v) is 15.5. The second-order valence-electron chi connectivity index (χ2n) is 6.19. The zero-order valence-electron chi connectivity index (χ0n) is 15.5. The smallest absolute Gasteiger partial charge is 0.416 e. The Morgan fingerprint density at radius 1 is 1.07 bits per heavy atom. The predicted octanol–water partition coefficient (Wildman–Crippen LogP) is 4.73. The SMILES string of the molecule is CCCc1nnc(-c2ccc(OCC(=O)Nc3ccc(C(F)(F)F)cc3)cc2)o1. The number of halogens is 3. The summed E-state index contributed by atoms with van der Waals surface area (Å²) in [7, 11) is 0. The molecule has 29 heavy (non-hydrogen) atoms. The maximum absolute atomic E-state index is 12.5. The van der Waals surface area contributed by atoms with Crippen LogP contribution >= 0.6 is 0 Å². The number of amides is 1. The van der Waals surface area contributed by atoms with E-state index in [4.69, 9.17) is 9.15 Å². The number of alkyl halides is 3. The van der Waals surface area contributed by atoms with Crippen LogP contribution in [0, 0.1) is 0 Å². The van der Waals surface area contributed by atoms with Crippen LogP contribution < -0.4 is 10.1 Å². The maximum atomic E-state index is 12.5. The third kappa shape index (κ3) is 5.56. The molecule has 3 rings (SSSR count). The number of nitrogens with zero attached hydrogens (tertiary/aromatic N) is 2. The molecule has 0 aliphatic rings. The van der Waals surface area contributed by atoms with Crippen LogP contribution in [0.2, 0.25) is 0 Å². The Morgan fingerprint density at radius 2 is 1.76 bits per heavy atom. The number of rotatable bonds is 7. The van der Waals surface area contributed by atoms with E-state index >= 15 is 0 Å². The van der Waals surface area contributed by atoms with Crippen molar-refractivity contribution in [3.05, 3.63) is 60.0 Å². The highest BCUT2D eigenvalue weighted by atomic mass is 19.4. The van der Waals surface area contributed by atoms with E-state index in [9.17, 15) is 18.0 Å². The van der Waals surface area contributed by atoms with E-state index in [0.717, 1.165) is 24.1 Å². The van der Waals surface area contributed by atoms with Crippen molar-refractivity contribution in [2.45, 2.75) is 25.9 Å². The Hall–Kier alpha value is -3.36. The van der Waals surface area contributed by atoms with E-state index in [2.05, 4.69) is 15.5 Å². The van der Waals surface area contributed by atoms with Gasteiger partial charge in [0.25, 0.3) is 5.91 Å². The monoisotopic (exact) mass is 405 g/mol. The number of nitrogens with one attached hydrogen (secondary N) is 1. The molecule has 0 aliphatic carbocycles. The lowest BCUT2D eigenvalue weighted by Gasteiger charge is -2.10. The number of hydrogen-bond donors (Lipinski definition) is 1. The second kappa shape index (κ2) is 8.76. The zero-order chi connectivity index (χ0) is 20.9. The van der Waals surface area contributed by atoms with Crippen LogP contribution in [0.25, 0.3) is 11.5 Å². The van der Waals surface area contributed by atoms with E-state index in [-0.39, 0.29) is 12.3 Å². The quantitative estimate of drug-likeness (QED) is 0.615. The molecule has 0 saturated carbocycles. The molecule has 6 nitrogen and oxygen atoms in total. The summed E-state index contributed by atoms with van der Waals surface area (Å²) in [5, 5.41) is 10.4. The molecule has 0 unspecified atom stereocenters. The van der Waals surface area contributed by atoms with Gasteiger partial charge in [-0.25, -0.2) is 0 Å². The summed E-state index contributed by atoms with van der Waals surface area (Å²) in [6, 6.07) is 10.9. The summed E-state index contributed by atoms with van der Waals surface area (Å²) in [5.41, 5.74) is 0.192. The molecule has 1 N–H and O–H groups in total. The molecule has 0 fully saturated rings. The highest BCUT2D eigenvalue weighted by molar-refractivity contribution is 5.91. The number of benzene rings is 2. The molecule has 0 aliphatic heterocycles. The van der Waals surface area contributed by atoms with Gasteiger partial charge in [0.15, 0.2) is 6.61 Å². The highest BCUT2D eigenvalue weighted by Crippen LogP contribution is 2.29. The number of carbonyl (C=O) groups is 1. The summed E-state index contributed by atoms with van der Waals surface area (Å²) < 4.78 is 48.6. The molecule has 1 heterocycles. The molecule has 0 radical (unpaired) electrons. The fourth-order valence-corrected chi connectivity index (χ4v) is 2.47. The molecule has 1 aromatic heterocycles. The standard InChI is InChI=1S/C20H18F3N3O3/c1-2-3-18-25-26-19(29-18)13-4-10-16(11-5-13)28-12-17(27)24-15-8-6-14(7-9-15)20(21,22)23/h4-11H,2-3,12H2,1H3,(H,24,27). The van der Waals surface area contributed by atoms with E-state index in [1.807, 2.05) is 6.92 Å². The molecule has 0 saturated heterocycles. The molecule has 3 aromatic rings. The maximum Gasteiger partial charge on any atom is 0.416 e. The van der Waals surface area contributed by atoms with Crippen LogP contribution in [0.3, 0.4) is 0 Å². The molecule has 0 atom stereocenters. The van der Waals surface area contributed by atoms with Crippen molar-refractivity contribution in [2.75, 3.05) is 11.9 Å². The van der Waals surface area contributed by atoms with Crippen LogP contribution in [0.5, 0.6) is 5.75 Å². The molecular weight excluding hydrogens is 387 g/mol. The summed E-state index contributed by atoms with van der Waals surface area (Å²) in [6.07, 6.45) is -2.80. The van der Waals surface area contributed by atoms with Crippen molar-refractivity contribution in [3.8, 4) is 17.2 Å². The Bertz CT molecular complexity index is 952. The number of ether oxygens (including phenoxy) is 1. The lowest BCUT2D eigenvalue weighted by Crippen LogP contribution is -2.20. The van der Waals surface area contributed by atoms with Gasteiger partial charge in [0.1, 0.15) is 5.75 Å². The third-order valence-electron chi connectivity index (χ3n) is 3.90. The minimum absolute atomic E-state index is 0.251. The van der Waals surface area contributed by atoms with Crippen LogP contribution in [-0.4, -0.2) is 22.7 Å². The highest BCUT2D eigenvalue weighted by Gasteiger charge is 2.29. The average molecular weight is 405 g/mol. The molecule has 1 amide bonds. The van der Waals surface area contributed by atoms with Crippen molar-refractivity contribution in [2.24, 2.45) is 0 Å². The first-order chi connectivity index (χ1) is 13.8. The molecule has 9 heteroatoms. The number of hydrogen-bond acceptors (Lipinski definition) is 5. The summed E-state index contributed by atoms with van der Waals surface area (Å²) in [5.74, 6) is 0.933. The summed E-state index contributed by atoms with van der Waals surface area (Å²) in [4.78, 5) is 11.9. The van der Waals surface area contributed by atoms with E-state index in [0.29, 0.717) is 24.0 Å². The summed E-state index contributed by atoms with van der Waals surface area (Å²) in [6.45, 7) is 1.73. The molecular formula is C20H18F3N3O3. The first kappa shape index (κ1) is 20.4. The fourth-order valence-electron chi connectivity index (χ4n) is 2.47. The van der Waals surface area contributed by atoms with Gasteiger partial charge >= 0.3 is 6.18 Å². The number of aryl methyl sites for hydroxylation is 1. The van der Waals surface area contributed by atoms with Crippen molar-refractivity contribution >= 4 is 11.6 Å². The Morgan fingerprint density at radius 3 is 2.38 bits per heavy atom. The third-order valence-corrected chi connectivity index (χ3v) is 3.90. The Balaban J connectivity index is 1.52. The first-order valence-electron chi connectivity index (χ1n) is 8.88. The predicted molar refractivity (Wildman–Crippen MR) is 99.3 cm³/mol. The second-order valence-corrected chi connectivity index (χ2v) is 6.19. The van der Waals surface area contributed by atoms with Gasteiger partial charge in [0.2, 0.25) is 11.8 Å². The molecule has 152 valence electrons. The van der Waals surface area contributed by atoms with Gasteiger partial charge in [-0.2, -0.15) is 13.2 Å². The first-order valence-corrected chi connectivity index (χ1v) is 8.88. The normalized spacial score (nSPS) is 11.3. The van der Waals surface area contributed by atoms with Crippen LogP contribution in [0.1, 0.15) is 24.8 Å². The van der Waals surface area contributed by atoms with E-state index < -0.39 is 17.6 Å². The largest absolute Gasteiger partial charge is 0.484 e. The lowest BCUT2D eigenvalue weighted by atomic mass is 10.2. The van der Waals surface area contributed by atoms with Gasteiger partial charge in [-0.3, -0.25) is 4.79 Å². The number of anilines is 1. The van der Waals surface area contributed by atoms with E-state index in [1.54, 1.807) is 24.3 Å². The summed E-state index contributed by atoms with van der Waals surface area (Å²) >= 11 is 0. The lowest BCUT2D eigenvalue weighted by molar-refractivity contribution is -0.137. The number of carbonyl (C=O) groups excluding carboxylic acids is 1. The Labute approximate surface area is 164 Å². The van der Waals surface area contributed by atoms with E-state index in [1.165, 1.54) is 12.1 Å². The van der Waals surface area contributed by atoms with Crippen molar-refractivity contribution in [3.63, 3.8) is 0 Å². The van der Waals surface area contributed by atoms with Crippen molar-refractivity contribution in [1.29, 1.82) is 0 Å². The van der Waals surface area contributed by atoms with Crippen LogP contribution in [0.15, 0.2) is 52.9 Å². The minimum atomic E-state index is -4.42. The van der Waals surface area contributed by atoms with Gasteiger partial charge in [-0.1, -0.05) is 6.92 Å². The van der Waals surface area contributed by atoms with Gasteiger partial charge < -0.3 is 14.5 Å². The molecule has 2 aromatic carbocycles. The average Bonchev–Trinajstić information content (AvgIpc) is 3.15. The van der Waals surface area contributed by atoms with Gasteiger partial charge in [-0.15, -0.1) is 10.2 Å². The van der Waals surface area contributed by atoms with Crippen LogP contribution in [0.4, 0.5) is 18.9 Å². The molecule has 0 bridgehead atoms. The topological polar surface area (TPSA) is 77.2 Å². The van der Waals surface area contributed by atoms with Gasteiger partial charge in [0, 0.05) is 17.7 Å².